The van der Waals surface area contributed by atoms with Crippen LogP contribution in [-0.4, -0.2) is 55.0 Å². The van der Waals surface area contributed by atoms with Gasteiger partial charge in [0, 0.05) is 43.7 Å². The van der Waals surface area contributed by atoms with Crippen LogP contribution in [0.2, 0.25) is 0 Å². The fourth-order valence-electron chi connectivity index (χ4n) is 0. The molecule has 0 saturated carbocycles. The molecule has 0 fully saturated rings. The van der Waals surface area contributed by atoms with Gasteiger partial charge in [-0.3, -0.25) is 4.79 Å². The van der Waals surface area contributed by atoms with Gasteiger partial charge in [0.2, 0.25) is 6.41 Å². The number of carbonyl (C=O) groups excluding carboxylic acids is 1. The van der Waals surface area contributed by atoms with Crippen molar-refractivity contribution >= 4 is 36.0 Å². The van der Waals surface area contributed by atoms with Crippen molar-refractivity contribution in [2.75, 3.05) is 14.1 Å². The van der Waals surface area contributed by atoms with Gasteiger partial charge in [-0.2, -0.15) is 0 Å². The maximum absolute atomic E-state index is 9.43. The van der Waals surface area contributed by atoms with Crippen molar-refractivity contribution in [3.8, 4) is 0 Å². The molecule has 0 rings (SSSR count). The van der Waals surface area contributed by atoms with Gasteiger partial charge in [0.25, 0.3) is 0 Å². The predicted octanol–water partition coefficient (Wildman–Crippen LogP) is 0.740. The molecule has 0 aromatic heterocycles. The zero-order chi connectivity index (χ0) is 6.99. The van der Waals surface area contributed by atoms with Gasteiger partial charge in [0.15, 0.2) is 0 Å². The molecule has 0 saturated heterocycles. The Kier molecular flexibility index (Phi) is 28.5. The Morgan fingerprint density at radius 2 is 1.44 bits per heavy atom. The molecule has 0 aliphatic carbocycles. The second-order valence-electron chi connectivity index (χ2n) is 1.78. The summed E-state index contributed by atoms with van der Waals surface area (Å²) in [5.74, 6) is 0. The van der Waals surface area contributed by atoms with Gasteiger partial charge < -0.3 is 4.90 Å². The number of nitrogens with zero attached hydrogens (tertiary/aromatic N) is 1. The van der Waals surface area contributed by atoms with E-state index in [1.165, 1.54) is 11.3 Å². The molecule has 9 heavy (non-hydrogen) atoms. The van der Waals surface area contributed by atoms with Crippen molar-refractivity contribution in [2.45, 2.75) is 20.3 Å². The molecule has 0 spiro atoms. The summed E-state index contributed by atoms with van der Waals surface area (Å²) >= 11 is 0. The zero-order valence-corrected chi connectivity index (χ0v) is 9.14. The molecule has 1 amide bonds. The van der Waals surface area contributed by atoms with Gasteiger partial charge in [-0.1, -0.05) is 20.3 Å². The molecule has 3 heteroatoms. The van der Waals surface area contributed by atoms with Gasteiger partial charge in [-0.05, 0) is 0 Å². The molecule has 2 nitrogen and oxygen atoms in total. The quantitative estimate of drug-likeness (QED) is 0.388. The predicted molar refractivity (Wildman–Crippen MR) is 41.5 cm³/mol. The summed E-state index contributed by atoms with van der Waals surface area (Å²) in [5, 5.41) is 0. The second kappa shape index (κ2) is 15.8. The van der Waals surface area contributed by atoms with Gasteiger partial charge in [0.1, 0.15) is 0 Å². The summed E-state index contributed by atoms with van der Waals surface area (Å²) < 4.78 is 0. The van der Waals surface area contributed by atoms with E-state index in [1.54, 1.807) is 14.1 Å². The fourth-order valence-corrected chi connectivity index (χ4v) is 0. The molecule has 0 heterocycles. The third-order valence-electron chi connectivity index (χ3n) is 0.211. The van der Waals surface area contributed by atoms with E-state index in [0.717, 1.165) is 6.41 Å². The molecule has 0 unspecified atom stereocenters. The second-order valence-corrected chi connectivity index (χ2v) is 1.78. The van der Waals surface area contributed by atoms with Crippen molar-refractivity contribution in [1.29, 1.82) is 0 Å². The van der Waals surface area contributed by atoms with Crippen LogP contribution in [-0.2, 0) is 4.79 Å². The van der Waals surface area contributed by atoms with Crippen LogP contribution < -0.4 is 0 Å². The number of hydrogen-bond donors (Lipinski definition) is 0. The maximum atomic E-state index is 9.43. The standard InChI is InChI=1S/C3H7NO.C3H8.Na/c1-4(2)3-5;1-3-2;/h3H,1-2H3;3H2,1-2H3;. The van der Waals surface area contributed by atoms with E-state index in [9.17, 15) is 4.79 Å². The van der Waals surface area contributed by atoms with E-state index in [-0.39, 0.29) is 29.6 Å². The van der Waals surface area contributed by atoms with Crippen molar-refractivity contribution in [3.63, 3.8) is 0 Å². The summed E-state index contributed by atoms with van der Waals surface area (Å²) in [6, 6.07) is 0. The molecule has 0 aromatic carbocycles. The van der Waals surface area contributed by atoms with Crippen molar-refractivity contribution in [3.05, 3.63) is 0 Å². The van der Waals surface area contributed by atoms with Crippen LogP contribution in [0.1, 0.15) is 20.3 Å². The molecule has 51 valence electrons. The van der Waals surface area contributed by atoms with Crippen LogP contribution in [0, 0.1) is 0 Å². The van der Waals surface area contributed by atoms with Gasteiger partial charge >= 0.3 is 0 Å². The summed E-state index contributed by atoms with van der Waals surface area (Å²) in [7, 11) is 3.38. The van der Waals surface area contributed by atoms with Crippen LogP contribution in [0.5, 0.6) is 0 Å². The topological polar surface area (TPSA) is 20.3 Å². The first-order valence-corrected chi connectivity index (χ1v) is 2.80. The minimum absolute atomic E-state index is 0. The monoisotopic (exact) mass is 140 g/mol. The molecule has 1 radical (unpaired) electrons. The Labute approximate surface area is 79.9 Å². The van der Waals surface area contributed by atoms with Crippen molar-refractivity contribution < 1.29 is 4.79 Å². The Morgan fingerprint density at radius 3 is 1.44 bits per heavy atom. The molecule has 0 bridgehead atoms. The van der Waals surface area contributed by atoms with E-state index in [2.05, 4.69) is 13.8 Å². The van der Waals surface area contributed by atoms with E-state index in [4.69, 9.17) is 0 Å². The molecule has 0 atom stereocenters. The molecule has 0 aromatic rings. The molecule has 0 aliphatic rings. The Morgan fingerprint density at radius 1 is 1.33 bits per heavy atom. The van der Waals surface area contributed by atoms with Crippen LogP contribution in [0.3, 0.4) is 0 Å². The van der Waals surface area contributed by atoms with Crippen LogP contribution in [0.4, 0.5) is 0 Å². The van der Waals surface area contributed by atoms with Crippen LogP contribution >= 0.6 is 0 Å². The maximum Gasteiger partial charge on any atom is 0.209 e. The fraction of sp³-hybridized carbons (Fsp3) is 0.833. The number of carbonyl (C=O) groups is 1. The van der Waals surface area contributed by atoms with E-state index in [1.807, 2.05) is 0 Å². The van der Waals surface area contributed by atoms with Gasteiger partial charge in [-0.15, -0.1) is 0 Å². The van der Waals surface area contributed by atoms with E-state index >= 15 is 0 Å². The summed E-state index contributed by atoms with van der Waals surface area (Å²) in [6.45, 7) is 4.25. The third-order valence-corrected chi connectivity index (χ3v) is 0.211. The van der Waals surface area contributed by atoms with E-state index < -0.39 is 0 Å². The smallest absolute Gasteiger partial charge is 0.209 e. The van der Waals surface area contributed by atoms with Crippen LogP contribution in [0.15, 0.2) is 0 Å². The van der Waals surface area contributed by atoms with Crippen molar-refractivity contribution in [2.24, 2.45) is 0 Å². The Hall–Kier alpha value is 0.470. The minimum atomic E-state index is 0. The summed E-state index contributed by atoms with van der Waals surface area (Å²) in [5.41, 5.74) is 0. The van der Waals surface area contributed by atoms with E-state index in [0.29, 0.717) is 0 Å². The molecule has 0 aliphatic heterocycles. The summed E-state index contributed by atoms with van der Waals surface area (Å²) in [6.07, 6.45) is 2.00. The minimum Gasteiger partial charge on any atom is -0.351 e. The van der Waals surface area contributed by atoms with Gasteiger partial charge in [-0.25, -0.2) is 0 Å². The average Bonchev–Trinajstić information content (AvgIpc) is 1.69. The first-order valence-electron chi connectivity index (χ1n) is 2.80. The average molecular weight is 140 g/mol. The van der Waals surface area contributed by atoms with Gasteiger partial charge in [0.05, 0.1) is 0 Å². The number of amides is 1. The molecular formula is C6H15NNaO. The number of rotatable bonds is 1. The third kappa shape index (κ3) is 58.1. The van der Waals surface area contributed by atoms with Crippen LogP contribution in [0.25, 0.3) is 0 Å². The van der Waals surface area contributed by atoms with Crippen molar-refractivity contribution in [1.82, 2.24) is 4.90 Å². The number of hydrogen-bond acceptors (Lipinski definition) is 1. The Bertz CT molecular complexity index is 48.3. The SMILES string of the molecule is CCC.CN(C)C=O.[Na]. The first-order chi connectivity index (χ1) is 3.68. The first kappa shape index (κ1) is 16.2. The molecule has 0 N–H and O–H groups in total. The summed E-state index contributed by atoms with van der Waals surface area (Å²) in [4.78, 5) is 10.9. The largest absolute Gasteiger partial charge is 0.351 e. The Balaban J connectivity index is -0.0000000800. The zero-order valence-electron chi connectivity index (χ0n) is 7.14. The molecular weight excluding hydrogens is 125 g/mol. The normalized spacial score (nSPS) is 5.78.